The molecule has 1 fully saturated rings. The molecule has 0 radical (unpaired) electrons. The third kappa shape index (κ3) is 3.26. The van der Waals surface area contributed by atoms with E-state index in [1.165, 1.54) is 6.42 Å². The van der Waals surface area contributed by atoms with Crippen molar-refractivity contribution in [1.82, 2.24) is 20.6 Å². The summed E-state index contributed by atoms with van der Waals surface area (Å²) in [6.45, 7) is 3.01. The highest BCUT2D eigenvalue weighted by Crippen LogP contribution is 2.20. The molecule has 5 heteroatoms. The summed E-state index contributed by atoms with van der Waals surface area (Å²) in [4.78, 5) is 20.3. The van der Waals surface area contributed by atoms with Crippen LogP contribution in [0, 0.1) is 6.92 Å². The SMILES string of the molecule is CNC(=O)CCc1cc(C)nc([C@H]2CCCN2)n1. The summed E-state index contributed by atoms with van der Waals surface area (Å²) in [6.07, 6.45) is 3.42. The first-order chi connectivity index (χ1) is 8.69. The van der Waals surface area contributed by atoms with E-state index >= 15 is 0 Å². The fourth-order valence-electron chi connectivity index (χ4n) is 2.21. The van der Waals surface area contributed by atoms with Crippen molar-refractivity contribution in [2.75, 3.05) is 13.6 Å². The molecule has 0 aliphatic carbocycles. The van der Waals surface area contributed by atoms with Gasteiger partial charge in [0, 0.05) is 24.9 Å². The largest absolute Gasteiger partial charge is 0.359 e. The maximum absolute atomic E-state index is 11.2. The fourth-order valence-corrected chi connectivity index (χ4v) is 2.21. The van der Waals surface area contributed by atoms with Gasteiger partial charge in [-0.1, -0.05) is 0 Å². The number of amides is 1. The number of aryl methyl sites for hydroxylation is 2. The zero-order chi connectivity index (χ0) is 13.0. The van der Waals surface area contributed by atoms with Gasteiger partial charge in [-0.15, -0.1) is 0 Å². The number of carbonyl (C=O) groups excluding carboxylic acids is 1. The maximum Gasteiger partial charge on any atom is 0.220 e. The van der Waals surface area contributed by atoms with E-state index in [-0.39, 0.29) is 11.9 Å². The van der Waals surface area contributed by atoms with Crippen LogP contribution in [0.5, 0.6) is 0 Å². The highest BCUT2D eigenvalue weighted by Gasteiger charge is 2.19. The molecule has 98 valence electrons. The van der Waals surface area contributed by atoms with Crippen molar-refractivity contribution in [1.29, 1.82) is 0 Å². The van der Waals surface area contributed by atoms with Crippen LogP contribution in [0.1, 0.15) is 42.5 Å². The van der Waals surface area contributed by atoms with Crippen LogP contribution in [0.15, 0.2) is 6.07 Å². The van der Waals surface area contributed by atoms with E-state index in [4.69, 9.17) is 0 Å². The minimum absolute atomic E-state index is 0.0480. The van der Waals surface area contributed by atoms with Crippen LogP contribution in [0.2, 0.25) is 0 Å². The third-order valence-corrected chi connectivity index (χ3v) is 3.18. The molecule has 1 aliphatic heterocycles. The second kappa shape index (κ2) is 5.91. The summed E-state index contributed by atoms with van der Waals surface area (Å²) in [5, 5.41) is 6.02. The van der Waals surface area contributed by atoms with Gasteiger partial charge in [0.15, 0.2) is 0 Å². The van der Waals surface area contributed by atoms with Crippen molar-refractivity contribution in [3.05, 3.63) is 23.3 Å². The van der Waals surface area contributed by atoms with E-state index in [2.05, 4.69) is 20.6 Å². The third-order valence-electron chi connectivity index (χ3n) is 3.18. The van der Waals surface area contributed by atoms with Gasteiger partial charge in [-0.25, -0.2) is 9.97 Å². The summed E-state index contributed by atoms with van der Waals surface area (Å²) < 4.78 is 0. The molecular weight excluding hydrogens is 228 g/mol. The maximum atomic E-state index is 11.2. The minimum Gasteiger partial charge on any atom is -0.359 e. The molecule has 0 saturated carbocycles. The van der Waals surface area contributed by atoms with Crippen molar-refractivity contribution in [2.24, 2.45) is 0 Å². The number of rotatable bonds is 4. The second-order valence-electron chi connectivity index (χ2n) is 4.68. The van der Waals surface area contributed by atoms with Crippen LogP contribution in [-0.2, 0) is 11.2 Å². The lowest BCUT2D eigenvalue weighted by atomic mass is 10.1. The van der Waals surface area contributed by atoms with Gasteiger partial charge in [-0.3, -0.25) is 4.79 Å². The highest BCUT2D eigenvalue weighted by molar-refractivity contribution is 5.75. The monoisotopic (exact) mass is 248 g/mol. The van der Waals surface area contributed by atoms with E-state index in [9.17, 15) is 4.79 Å². The van der Waals surface area contributed by atoms with Crippen LogP contribution in [0.3, 0.4) is 0 Å². The number of nitrogens with zero attached hydrogens (tertiary/aromatic N) is 2. The lowest BCUT2D eigenvalue weighted by Crippen LogP contribution is -2.19. The van der Waals surface area contributed by atoms with Crippen molar-refractivity contribution >= 4 is 5.91 Å². The van der Waals surface area contributed by atoms with Crippen LogP contribution in [0.25, 0.3) is 0 Å². The van der Waals surface area contributed by atoms with Crippen LogP contribution >= 0.6 is 0 Å². The standard InChI is InChI=1S/C13H20N4O/c1-9-8-10(5-6-12(18)14-2)17-13(16-9)11-4-3-7-15-11/h8,11,15H,3-7H2,1-2H3,(H,14,18)/t11-/m1/s1. The van der Waals surface area contributed by atoms with Gasteiger partial charge in [-0.2, -0.15) is 0 Å². The first kappa shape index (κ1) is 13.0. The van der Waals surface area contributed by atoms with Gasteiger partial charge in [0.05, 0.1) is 6.04 Å². The lowest BCUT2D eigenvalue weighted by molar-refractivity contribution is -0.120. The van der Waals surface area contributed by atoms with Crippen molar-refractivity contribution in [3.63, 3.8) is 0 Å². The molecule has 1 aliphatic rings. The molecule has 2 rings (SSSR count). The Morgan fingerprint density at radius 2 is 2.39 bits per heavy atom. The number of nitrogens with one attached hydrogen (secondary N) is 2. The van der Waals surface area contributed by atoms with E-state index < -0.39 is 0 Å². The Balaban J connectivity index is 2.08. The Hall–Kier alpha value is -1.49. The summed E-state index contributed by atoms with van der Waals surface area (Å²) in [7, 11) is 1.65. The van der Waals surface area contributed by atoms with Gasteiger partial charge in [-0.05, 0) is 38.8 Å². The Bertz CT molecular complexity index is 427. The topological polar surface area (TPSA) is 66.9 Å². The van der Waals surface area contributed by atoms with Gasteiger partial charge >= 0.3 is 0 Å². The average Bonchev–Trinajstić information content (AvgIpc) is 2.89. The van der Waals surface area contributed by atoms with Crippen molar-refractivity contribution in [3.8, 4) is 0 Å². The van der Waals surface area contributed by atoms with Crippen LogP contribution < -0.4 is 10.6 Å². The number of hydrogen-bond donors (Lipinski definition) is 2. The van der Waals surface area contributed by atoms with E-state index in [1.54, 1.807) is 7.05 Å². The Morgan fingerprint density at radius 3 is 3.06 bits per heavy atom. The minimum atomic E-state index is 0.0480. The average molecular weight is 248 g/mol. The molecule has 1 atom stereocenters. The summed E-state index contributed by atoms with van der Waals surface area (Å²) in [5.74, 6) is 0.922. The predicted molar refractivity (Wildman–Crippen MR) is 69.1 cm³/mol. The van der Waals surface area contributed by atoms with Crippen LogP contribution in [0.4, 0.5) is 0 Å². The van der Waals surface area contributed by atoms with Crippen molar-refractivity contribution in [2.45, 2.75) is 38.6 Å². The Labute approximate surface area is 107 Å². The molecule has 5 nitrogen and oxygen atoms in total. The van der Waals surface area contributed by atoms with Gasteiger partial charge in [0.25, 0.3) is 0 Å². The quantitative estimate of drug-likeness (QED) is 0.830. The molecule has 2 N–H and O–H groups in total. The van der Waals surface area contributed by atoms with Crippen molar-refractivity contribution < 1.29 is 4.79 Å². The molecule has 0 unspecified atom stereocenters. The lowest BCUT2D eigenvalue weighted by Gasteiger charge is -2.11. The number of hydrogen-bond acceptors (Lipinski definition) is 4. The zero-order valence-corrected chi connectivity index (χ0v) is 11.0. The van der Waals surface area contributed by atoms with Gasteiger partial charge in [0.2, 0.25) is 5.91 Å². The summed E-state index contributed by atoms with van der Waals surface area (Å²) in [5.41, 5.74) is 1.93. The summed E-state index contributed by atoms with van der Waals surface area (Å²) in [6, 6.07) is 2.24. The molecule has 18 heavy (non-hydrogen) atoms. The fraction of sp³-hybridized carbons (Fsp3) is 0.615. The smallest absolute Gasteiger partial charge is 0.220 e. The molecule has 1 aromatic heterocycles. The number of aromatic nitrogens is 2. The Kier molecular flexibility index (Phi) is 4.25. The van der Waals surface area contributed by atoms with Gasteiger partial charge < -0.3 is 10.6 Å². The first-order valence-electron chi connectivity index (χ1n) is 6.47. The summed E-state index contributed by atoms with van der Waals surface area (Å²) >= 11 is 0. The van der Waals surface area contributed by atoms with Gasteiger partial charge in [0.1, 0.15) is 5.82 Å². The molecule has 0 bridgehead atoms. The van der Waals surface area contributed by atoms with Crippen LogP contribution in [-0.4, -0.2) is 29.5 Å². The first-order valence-corrected chi connectivity index (χ1v) is 6.47. The Morgan fingerprint density at radius 1 is 1.56 bits per heavy atom. The van der Waals surface area contributed by atoms with E-state index in [1.807, 2.05) is 13.0 Å². The molecule has 2 heterocycles. The second-order valence-corrected chi connectivity index (χ2v) is 4.68. The molecule has 1 saturated heterocycles. The van der Waals surface area contributed by atoms with E-state index in [0.717, 1.165) is 30.2 Å². The zero-order valence-electron chi connectivity index (χ0n) is 11.0. The highest BCUT2D eigenvalue weighted by atomic mass is 16.1. The molecule has 1 amide bonds. The molecular formula is C13H20N4O. The molecule has 0 aromatic carbocycles. The van der Waals surface area contributed by atoms with E-state index in [0.29, 0.717) is 12.8 Å². The number of carbonyl (C=O) groups is 1. The molecule has 1 aromatic rings. The normalized spacial score (nSPS) is 18.9. The molecule has 0 spiro atoms. The predicted octanol–water partition coefficient (Wildman–Crippen LogP) is 0.888.